The van der Waals surface area contributed by atoms with Gasteiger partial charge in [0, 0.05) is 35.4 Å². The summed E-state index contributed by atoms with van der Waals surface area (Å²) in [5.41, 5.74) is 0.427. The van der Waals surface area contributed by atoms with Gasteiger partial charge in [0.1, 0.15) is 35.5 Å². The number of pyridine rings is 1. The number of aromatic nitrogens is 1. The average Bonchev–Trinajstić information content (AvgIpc) is 3.61. The largest absolute Gasteiger partial charge is 0.497 e. The summed E-state index contributed by atoms with van der Waals surface area (Å²) >= 11 is 0. The van der Waals surface area contributed by atoms with Crippen molar-refractivity contribution in [3.8, 4) is 22.8 Å². The van der Waals surface area contributed by atoms with Crippen LogP contribution in [0.15, 0.2) is 67.3 Å². The first-order chi connectivity index (χ1) is 22.4. The molecule has 2 N–H and O–H groups in total. The van der Waals surface area contributed by atoms with Gasteiger partial charge in [-0.15, -0.1) is 6.58 Å². The van der Waals surface area contributed by atoms with Gasteiger partial charge in [0.15, 0.2) is 0 Å². The number of fused-ring (bicyclic) bond motifs is 1. The molecule has 3 amide bonds. The lowest BCUT2D eigenvalue weighted by Gasteiger charge is -2.31. The van der Waals surface area contributed by atoms with Gasteiger partial charge in [-0.25, -0.2) is 14.6 Å². The molecule has 0 spiro atoms. The molecule has 0 bridgehead atoms. The van der Waals surface area contributed by atoms with Crippen LogP contribution in [-0.4, -0.2) is 78.1 Å². The van der Waals surface area contributed by atoms with E-state index < -0.39 is 47.0 Å². The lowest BCUT2D eigenvalue weighted by Crippen LogP contribution is -2.57. The summed E-state index contributed by atoms with van der Waals surface area (Å²) in [7, 11) is 1.59. The smallest absolute Gasteiger partial charge is 0.332 e. The van der Waals surface area contributed by atoms with Crippen molar-refractivity contribution in [3.63, 3.8) is 0 Å². The molecule has 0 unspecified atom stereocenters. The zero-order valence-corrected chi connectivity index (χ0v) is 27.4. The van der Waals surface area contributed by atoms with Crippen LogP contribution in [0.2, 0.25) is 0 Å². The topological polar surface area (TPSA) is 136 Å². The number of aldehydes is 1. The highest BCUT2D eigenvalue weighted by Gasteiger charge is 2.62. The number of hydrogen-bond acceptors (Lipinski definition) is 8. The molecule has 2 fully saturated rings. The van der Waals surface area contributed by atoms with Gasteiger partial charge in [0.25, 0.3) is 0 Å². The Labute approximate surface area is 274 Å². The third-order valence-electron chi connectivity index (χ3n) is 8.80. The van der Waals surface area contributed by atoms with Crippen LogP contribution in [-0.2, 0) is 19.1 Å². The number of ether oxygens (including phenoxy) is 3. The summed E-state index contributed by atoms with van der Waals surface area (Å²) < 4.78 is 17.3. The molecule has 0 radical (unpaired) electrons. The maximum Gasteiger partial charge on any atom is 0.332 e. The molecule has 1 saturated carbocycles. The first-order valence-corrected chi connectivity index (χ1v) is 15.8. The molecule has 1 aromatic heterocycles. The lowest BCUT2D eigenvalue weighted by atomic mass is 9.88. The molecular weight excluding hydrogens is 600 g/mol. The van der Waals surface area contributed by atoms with Crippen LogP contribution in [0.4, 0.5) is 4.79 Å². The van der Waals surface area contributed by atoms with E-state index >= 15 is 0 Å². The van der Waals surface area contributed by atoms with Gasteiger partial charge in [0.2, 0.25) is 5.91 Å². The number of carbonyl (C=O) groups excluding carboxylic acids is 4. The van der Waals surface area contributed by atoms with Crippen molar-refractivity contribution >= 4 is 35.1 Å². The van der Waals surface area contributed by atoms with Crippen molar-refractivity contribution in [3.05, 3.63) is 67.3 Å². The SMILES string of the molecule is C=C[C@@H]1C[C@]1(NC(=O)[C@@H]1C[C@@H](Oc2cc(-c3ccccc3)nc3cc(OC)ccc23)CN1C(=O)N[C@H](C=O)C(C)(C)C)C(=O)OCC. The van der Waals surface area contributed by atoms with Crippen molar-refractivity contribution in [2.45, 2.75) is 64.3 Å². The predicted octanol–water partition coefficient (Wildman–Crippen LogP) is 4.68. The third-order valence-corrected chi connectivity index (χ3v) is 8.80. The van der Waals surface area contributed by atoms with Crippen LogP contribution in [0.25, 0.3) is 22.2 Å². The Morgan fingerprint density at radius 2 is 1.89 bits per heavy atom. The summed E-state index contributed by atoms with van der Waals surface area (Å²) in [6.07, 6.45) is 2.19. The fraction of sp³-hybridized carbons (Fsp3) is 0.417. The van der Waals surface area contributed by atoms with Gasteiger partial charge in [-0.1, -0.05) is 57.2 Å². The minimum Gasteiger partial charge on any atom is -0.497 e. The average molecular weight is 643 g/mol. The normalized spacial score (nSPS) is 22.6. The molecule has 47 heavy (non-hydrogen) atoms. The minimum atomic E-state index is -1.24. The number of benzene rings is 2. The Morgan fingerprint density at radius 3 is 2.51 bits per heavy atom. The highest BCUT2D eigenvalue weighted by molar-refractivity contribution is 5.95. The van der Waals surface area contributed by atoms with E-state index in [-0.39, 0.29) is 25.5 Å². The van der Waals surface area contributed by atoms with Gasteiger partial charge in [-0.2, -0.15) is 0 Å². The Kier molecular flexibility index (Phi) is 9.55. The van der Waals surface area contributed by atoms with Crippen molar-refractivity contribution in [2.24, 2.45) is 11.3 Å². The Bertz CT molecular complexity index is 1670. The van der Waals surface area contributed by atoms with Crippen molar-refractivity contribution in [2.75, 3.05) is 20.3 Å². The second-order valence-corrected chi connectivity index (χ2v) is 13.1. The van der Waals surface area contributed by atoms with E-state index in [2.05, 4.69) is 17.2 Å². The molecule has 5 atom stereocenters. The highest BCUT2D eigenvalue weighted by Crippen LogP contribution is 2.46. The number of methoxy groups -OCH3 is 1. The van der Waals surface area contributed by atoms with Crippen LogP contribution < -0.4 is 20.1 Å². The molecule has 2 aliphatic rings. The Hall–Kier alpha value is -4.93. The summed E-state index contributed by atoms with van der Waals surface area (Å²) in [5.74, 6) is -0.186. The molecule has 2 aromatic carbocycles. The van der Waals surface area contributed by atoms with Crippen molar-refractivity contribution in [1.82, 2.24) is 20.5 Å². The molecule has 1 aliphatic carbocycles. The summed E-state index contributed by atoms with van der Waals surface area (Å²) in [5, 5.41) is 6.40. The minimum absolute atomic E-state index is 0.0531. The van der Waals surface area contributed by atoms with Crippen molar-refractivity contribution < 1.29 is 33.4 Å². The van der Waals surface area contributed by atoms with Crippen LogP contribution in [0.5, 0.6) is 11.5 Å². The predicted molar refractivity (Wildman–Crippen MR) is 177 cm³/mol. The second kappa shape index (κ2) is 13.4. The van der Waals surface area contributed by atoms with Gasteiger partial charge in [-0.3, -0.25) is 4.79 Å². The van der Waals surface area contributed by atoms with Crippen LogP contribution in [0.3, 0.4) is 0 Å². The molecule has 3 aromatic rings. The van der Waals surface area contributed by atoms with E-state index in [0.717, 1.165) is 10.9 Å². The van der Waals surface area contributed by atoms with E-state index in [0.29, 0.717) is 35.4 Å². The molecule has 5 rings (SSSR count). The molecular formula is C36H42N4O7. The molecule has 11 heteroatoms. The van der Waals surface area contributed by atoms with Crippen LogP contribution in [0, 0.1) is 11.3 Å². The maximum atomic E-state index is 13.9. The summed E-state index contributed by atoms with van der Waals surface area (Å²) in [4.78, 5) is 58.7. The monoisotopic (exact) mass is 642 g/mol. The van der Waals surface area contributed by atoms with Crippen LogP contribution in [0.1, 0.15) is 40.5 Å². The molecule has 1 aliphatic heterocycles. The summed E-state index contributed by atoms with van der Waals surface area (Å²) in [6, 6.07) is 14.6. The third kappa shape index (κ3) is 6.94. The van der Waals surface area contributed by atoms with E-state index in [9.17, 15) is 19.2 Å². The fourth-order valence-electron chi connectivity index (χ4n) is 5.93. The zero-order chi connectivity index (χ0) is 33.9. The fourth-order valence-corrected chi connectivity index (χ4v) is 5.93. The van der Waals surface area contributed by atoms with E-state index in [1.807, 2.05) is 75.4 Å². The number of amides is 3. The standard InChI is InChI=1S/C36H42N4O7/c1-7-23-19-36(23,33(43)46-8-2)39-32(42)29-17-25(20-40(29)34(44)38-31(21-41)35(3,4)5)47-30-18-27(22-12-10-9-11-13-22)37-28-16-24(45-6)14-15-26(28)30/h7,9-16,18,21,23,25,29,31H,1,8,17,19-20H2,2-6H3,(H,38,44)(H,39,42)/t23-,25-,29+,31-,36-/m1/s1. The van der Waals surface area contributed by atoms with Gasteiger partial charge in [-0.05, 0) is 30.9 Å². The molecule has 1 saturated heterocycles. The number of esters is 1. The lowest BCUT2D eigenvalue weighted by molar-refractivity contribution is -0.149. The number of nitrogens with zero attached hydrogens (tertiary/aromatic N) is 2. The highest BCUT2D eigenvalue weighted by atomic mass is 16.5. The maximum absolute atomic E-state index is 13.9. The number of carbonyl (C=O) groups is 4. The van der Waals surface area contributed by atoms with Gasteiger partial charge >= 0.3 is 12.0 Å². The van der Waals surface area contributed by atoms with E-state index in [1.54, 1.807) is 20.1 Å². The number of hydrogen-bond donors (Lipinski definition) is 2. The van der Waals surface area contributed by atoms with E-state index in [1.165, 1.54) is 4.90 Å². The second-order valence-electron chi connectivity index (χ2n) is 13.1. The number of nitrogens with one attached hydrogen (secondary N) is 2. The number of urea groups is 1. The zero-order valence-electron chi connectivity index (χ0n) is 27.4. The Morgan fingerprint density at radius 1 is 1.15 bits per heavy atom. The van der Waals surface area contributed by atoms with Gasteiger partial charge in [0.05, 0.1) is 37.5 Å². The van der Waals surface area contributed by atoms with Gasteiger partial charge < -0.3 is 34.5 Å². The number of rotatable bonds is 11. The molecule has 2 heterocycles. The molecule has 11 nitrogen and oxygen atoms in total. The summed E-state index contributed by atoms with van der Waals surface area (Å²) in [6.45, 7) is 11.2. The first-order valence-electron chi connectivity index (χ1n) is 15.8. The van der Waals surface area contributed by atoms with E-state index in [4.69, 9.17) is 19.2 Å². The quantitative estimate of drug-likeness (QED) is 0.175. The first kappa shape index (κ1) is 33.4. The number of likely N-dealkylation sites (tertiary alicyclic amines) is 1. The molecule has 248 valence electrons. The van der Waals surface area contributed by atoms with Crippen molar-refractivity contribution in [1.29, 1.82) is 0 Å². The Balaban J connectivity index is 1.47. The van der Waals surface area contributed by atoms with Crippen LogP contribution >= 0.6 is 0 Å².